The van der Waals surface area contributed by atoms with E-state index in [-0.39, 0.29) is 11.6 Å². The highest BCUT2D eigenvalue weighted by Gasteiger charge is 2.27. The Morgan fingerprint density at radius 3 is 2.41 bits per heavy atom. The highest BCUT2D eigenvalue weighted by Crippen LogP contribution is 2.35. The smallest absolute Gasteiger partial charge is 0.265 e. The SMILES string of the molecule is CC[C@H](C)n1c(C)nc2c(c1=O)c1nc3ccccc3nc1n2C1CCCCC1. The quantitative estimate of drug-likeness (QED) is 0.490. The Morgan fingerprint density at radius 1 is 1.03 bits per heavy atom. The molecule has 0 radical (unpaired) electrons. The molecule has 150 valence electrons. The number of benzene rings is 1. The van der Waals surface area contributed by atoms with Gasteiger partial charge in [-0.05, 0) is 45.2 Å². The Bertz CT molecular complexity index is 1280. The van der Waals surface area contributed by atoms with Crippen LogP contribution in [0.2, 0.25) is 0 Å². The molecule has 3 heterocycles. The predicted octanol–water partition coefficient (Wildman–Crippen LogP) is 5.08. The Kier molecular flexibility index (Phi) is 4.37. The van der Waals surface area contributed by atoms with E-state index in [1.165, 1.54) is 19.3 Å². The Hall–Kier alpha value is -2.76. The number of hydrogen-bond acceptors (Lipinski definition) is 4. The molecular weight excluding hydrogens is 362 g/mol. The van der Waals surface area contributed by atoms with E-state index in [1.807, 2.05) is 35.8 Å². The maximum atomic E-state index is 13.6. The van der Waals surface area contributed by atoms with Gasteiger partial charge in [0.2, 0.25) is 0 Å². The van der Waals surface area contributed by atoms with Crippen molar-refractivity contribution in [2.24, 2.45) is 0 Å². The van der Waals surface area contributed by atoms with Crippen molar-refractivity contribution in [3.05, 3.63) is 40.4 Å². The van der Waals surface area contributed by atoms with E-state index >= 15 is 0 Å². The van der Waals surface area contributed by atoms with E-state index in [0.717, 1.165) is 47.4 Å². The first-order valence-corrected chi connectivity index (χ1v) is 10.8. The molecule has 1 aromatic carbocycles. The van der Waals surface area contributed by atoms with Gasteiger partial charge >= 0.3 is 0 Å². The van der Waals surface area contributed by atoms with Crippen molar-refractivity contribution in [3.8, 4) is 0 Å². The predicted molar refractivity (Wildman–Crippen MR) is 116 cm³/mol. The zero-order chi connectivity index (χ0) is 20.1. The minimum absolute atomic E-state index is 0.00555. The van der Waals surface area contributed by atoms with Gasteiger partial charge in [-0.15, -0.1) is 0 Å². The van der Waals surface area contributed by atoms with Crippen molar-refractivity contribution in [2.75, 3.05) is 0 Å². The van der Waals surface area contributed by atoms with Gasteiger partial charge in [-0.1, -0.05) is 38.3 Å². The Labute approximate surface area is 169 Å². The molecule has 0 bridgehead atoms. The maximum Gasteiger partial charge on any atom is 0.265 e. The van der Waals surface area contributed by atoms with Gasteiger partial charge in [0.15, 0.2) is 11.3 Å². The molecule has 1 aliphatic rings. The summed E-state index contributed by atoms with van der Waals surface area (Å²) in [7, 11) is 0. The molecular formula is C23H27N5O. The summed E-state index contributed by atoms with van der Waals surface area (Å²) in [6.45, 7) is 6.11. The van der Waals surface area contributed by atoms with Crippen molar-refractivity contribution in [3.63, 3.8) is 0 Å². The first-order chi connectivity index (χ1) is 14.1. The van der Waals surface area contributed by atoms with E-state index in [2.05, 4.69) is 18.4 Å². The van der Waals surface area contributed by atoms with Crippen LogP contribution in [0.4, 0.5) is 0 Å². The largest absolute Gasteiger partial charge is 0.305 e. The number of nitrogens with zero attached hydrogens (tertiary/aromatic N) is 5. The molecule has 0 aliphatic heterocycles. The topological polar surface area (TPSA) is 65.6 Å². The summed E-state index contributed by atoms with van der Waals surface area (Å²) in [5.41, 5.74) is 3.93. The molecule has 6 nitrogen and oxygen atoms in total. The fourth-order valence-electron chi connectivity index (χ4n) is 4.82. The molecule has 5 rings (SSSR count). The second-order valence-corrected chi connectivity index (χ2v) is 8.34. The van der Waals surface area contributed by atoms with Gasteiger partial charge < -0.3 is 4.57 Å². The summed E-state index contributed by atoms with van der Waals surface area (Å²) in [6, 6.07) is 8.31. The van der Waals surface area contributed by atoms with Gasteiger partial charge in [-0.3, -0.25) is 9.36 Å². The third-order valence-corrected chi connectivity index (χ3v) is 6.49. The summed E-state index contributed by atoms with van der Waals surface area (Å²) in [5, 5.41) is 0.620. The lowest BCUT2D eigenvalue weighted by Crippen LogP contribution is -2.27. The van der Waals surface area contributed by atoms with Crippen molar-refractivity contribution < 1.29 is 0 Å². The molecule has 0 spiro atoms. The van der Waals surface area contributed by atoms with Crippen LogP contribution in [0.15, 0.2) is 29.1 Å². The van der Waals surface area contributed by atoms with Gasteiger partial charge in [0.1, 0.15) is 16.7 Å². The van der Waals surface area contributed by atoms with Crippen LogP contribution in [0.3, 0.4) is 0 Å². The Morgan fingerprint density at radius 2 is 1.72 bits per heavy atom. The molecule has 0 saturated heterocycles. The van der Waals surface area contributed by atoms with Crippen LogP contribution in [0.5, 0.6) is 0 Å². The first-order valence-electron chi connectivity index (χ1n) is 10.8. The van der Waals surface area contributed by atoms with Crippen molar-refractivity contribution in [1.82, 2.24) is 24.1 Å². The van der Waals surface area contributed by atoms with Crippen molar-refractivity contribution >= 4 is 33.2 Å². The standard InChI is InChI=1S/C23H27N5O/c1-4-14(2)27-15(3)24-21-19(23(27)29)20-22(28(21)16-10-6-5-7-11-16)26-18-13-9-8-12-17(18)25-20/h8-9,12-14,16H,4-7,10-11H2,1-3H3/t14-/m0/s1. The van der Waals surface area contributed by atoms with E-state index in [4.69, 9.17) is 15.0 Å². The molecule has 3 aromatic heterocycles. The molecule has 0 unspecified atom stereocenters. The van der Waals surface area contributed by atoms with E-state index in [1.54, 1.807) is 0 Å². The van der Waals surface area contributed by atoms with Crippen LogP contribution in [0, 0.1) is 6.92 Å². The van der Waals surface area contributed by atoms with E-state index in [9.17, 15) is 4.79 Å². The minimum atomic E-state index is 0.00555. The average Bonchev–Trinajstić information content (AvgIpc) is 3.05. The number of aromatic nitrogens is 5. The van der Waals surface area contributed by atoms with Crippen LogP contribution < -0.4 is 5.56 Å². The zero-order valence-electron chi connectivity index (χ0n) is 17.4. The van der Waals surface area contributed by atoms with Crippen molar-refractivity contribution in [1.29, 1.82) is 0 Å². The summed E-state index contributed by atoms with van der Waals surface area (Å²) >= 11 is 0. The monoisotopic (exact) mass is 389 g/mol. The number of rotatable bonds is 3. The minimum Gasteiger partial charge on any atom is -0.305 e. The zero-order valence-corrected chi connectivity index (χ0v) is 17.4. The van der Waals surface area contributed by atoms with Crippen LogP contribution in [-0.4, -0.2) is 24.1 Å². The molecule has 1 fully saturated rings. The second kappa shape index (κ2) is 6.94. The van der Waals surface area contributed by atoms with Crippen molar-refractivity contribution in [2.45, 2.75) is 71.4 Å². The molecule has 1 saturated carbocycles. The van der Waals surface area contributed by atoms with Crippen LogP contribution in [0.1, 0.15) is 70.3 Å². The fourth-order valence-corrected chi connectivity index (χ4v) is 4.82. The molecule has 0 amide bonds. The highest BCUT2D eigenvalue weighted by molar-refractivity contribution is 6.04. The number of aryl methyl sites for hydroxylation is 1. The Balaban J connectivity index is 1.94. The lowest BCUT2D eigenvalue weighted by molar-refractivity contribution is 0.364. The van der Waals surface area contributed by atoms with Crippen LogP contribution in [0.25, 0.3) is 33.2 Å². The normalized spacial score (nSPS) is 16.8. The van der Waals surface area contributed by atoms with E-state index in [0.29, 0.717) is 16.9 Å². The van der Waals surface area contributed by atoms with Gasteiger partial charge in [0, 0.05) is 12.1 Å². The third-order valence-electron chi connectivity index (χ3n) is 6.49. The highest BCUT2D eigenvalue weighted by atomic mass is 16.1. The lowest BCUT2D eigenvalue weighted by atomic mass is 9.95. The van der Waals surface area contributed by atoms with Gasteiger partial charge in [0.05, 0.1) is 11.0 Å². The van der Waals surface area contributed by atoms with Gasteiger partial charge in [-0.2, -0.15) is 0 Å². The molecule has 1 atom stereocenters. The maximum absolute atomic E-state index is 13.6. The van der Waals surface area contributed by atoms with Crippen LogP contribution in [-0.2, 0) is 0 Å². The number of para-hydroxylation sites is 2. The van der Waals surface area contributed by atoms with E-state index < -0.39 is 0 Å². The van der Waals surface area contributed by atoms with Gasteiger partial charge in [0.25, 0.3) is 5.56 Å². The fraction of sp³-hybridized carbons (Fsp3) is 0.478. The number of fused-ring (bicyclic) bond motifs is 4. The average molecular weight is 390 g/mol. The lowest BCUT2D eigenvalue weighted by Gasteiger charge is -2.24. The molecule has 4 aromatic rings. The molecule has 6 heteroatoms. The molecule has 29 heavy (non-hydrogen) atoms. The summed E-state index contributed by atoms with van der Waals surface area (Å²) in [4.78, 5) is 28.5. The molecule has 0 N–H and O–H groups in total. The first kappa shape index (κ1) is 18.3. The third kappa shape index (κ3) is 2.76. The second-order valence-electron chi connectivity index (χ2n) is 8.34. The summed E-state index contributed by atoms with van der Waals surface area (Å²) < 4.78 is 4.04. The summed E-state index contributed by atoms with van der Waals surface area (Å²) in [5.74, 6) is 0.765. The molecule has 1 aliphatic carbocycles. The summed E-state index contributed by atoms with van der Waals surface area (Å²) in [6.07, 6.45) is 6.76. The van der Waals surface area contributed by atoms with Crippen LogP contribution >= 0.6 is 0 Å². The van der Waals surface area contributed by atoms with Gasteiger partial charge in [-0.25, -0.2) is 15.0 Å². The number of hydrogen-bond donors (Lipinski definition) is 0.